The van der Waals surface area contributed by atoms with Gasteiger partial charge in [-0.1, -0.05) is 24.1 Å². The third kappa shape index (κ3) is 4.65. The summed E-state index contributed by atoms with van der Waals surface area (Å²) in [5.74, 6) is 4.52. The molecule has 1 aliphatic rings. The fourth-order valence-electron chi connectivity index (χ4n) is 3.62. The molecular weight excluding hydrogens is 385 g/mol. The minimum absolute atomic E-state index is 0.112. The first-order chi connectivity index (χ1) is 12.9. The Kier molecular flexibility index (Phi) is 6.45. The minimum Gasteiger partial charge on any atom is -0.497 e. The summed E-state index contributed by atoms with van der Waals surface area (Å²) < 4.78 is 34.9. The smallest absolute Gasteiger partial charge is 0.127 e. The van der Waals surface area contributed by atoms with Crippen LogP contribution in [-0.4, -0.2) is 34.1 Å². The van der Waals surface area contributed by atoms with Gasteiger partial charge >= 0.3 is 0 Å². The van der Waals surface area contributed by atoms with E-state index < -0.39 is 9.71 Å². The first-order valence-corrected chi connectivity index (χ1v) is 11.2. The number of benzene rings is 2. The molecule has 6 heteroatoms. The third-order valence-corrected chi connectivity index (χ3v) is 7.62. The fourth-order valence-corrected chi connectivity index (χ4v) is 5.73. The summed E-state index contributed by atoms with van der Waals surface area (Å²) in [6, 6.07) is 12.1. The quantitative estimate of drug-likeness (QED) is 0.630. The van der Waals surface area contributed by atoms with Gasteiger partial charge in [-0.25, -0.2) is 12.9 Å². The summed E-state index contributed by atoms with van der Waals surface area (Å²) in [7, 11) is -0.990. The first kappa shape index (κ1) is 20.2. The summed E-state index contributed by atoms with van der Waals surface area (Å²) in [6.07, 6.45) is 4.35. The van der Waals surface area contributed by atoms with E-state index in [1.807, 2.05) is 28.6 Å². The first-order valence-electron chi connectivity index (χ1n) is 9.14. The van der Waals surface area contributed by atoms with Crippen LogP contribution in [0.4, 0.5) is 4.39 Å². The molecule has 0 N–H and O–H groups in total. The molecule has 2 aromatic carbocycles. The molecule has 0 radical (unpaired) electrons. The Morgan fingerprint density at radius 2 is 2.00 bits per heavy atom. The monoisotopic (exact) mass is 409 g/mol. The van der Waals surface area contributed by atoms with E-state index in [0.717, 1.165) is 38.0 Å². The number of methoxy groups -OCH3 is 1. The van der Waals surface area contributed by atoms with Gasteiger partial charge in [0.15, 0.2) is 0 Å². The van der Waals surface area contributed by atoms with Crippen LogP contribution in [0.5, 0.6) is 5.75 Å². The Morgan fingerprint density at radius 1 is 1.26 bits per heavy atom. The zero-order valence-electron chi connectivity index (χ0n) is 15.5. The van der Waals surface area contributed by atoms with Crippen molar-refractivity contribution < 1.29 is 13.3 Å². The lowest BCUT2D eigenvalue weighted by Crippen LogP contribution is -2.43. The number of rotatable bonds is 6. The molecule has 1 heterocycles. The molecule has 3 nitrogen and oxygen atoms in total. The fraction of sp³-hybridized carbons (Fsp3) is 0.381. The molecule has 0 aromatic heterocycles. The van der Waals surface area contributed by atoms with Gasteiger partial charge in [-0.15, -0.1) is 0 Å². The van der Waals surface area contributed by atoms with Crippen LogP contribution in [0.15, 0.2) is 47.4 Å². The average Bonchev–Trinajstić information content (AvgIpc) is 2.67. The molecule has 146 valence electrons. The molecule has 0 amide bonds. The predicted molar refractivity (Wildman–Crippen MR) is 111 cm³/mol. The van der Waals surface area contributed by atoms with Gasteiger partial charge in [-0.2, -0.15) is 0 Å². The number of ether oxygens (including phenoxy) is 1. The van der Waals surface area contributed by atoms with Crippen LogP contribution in [-0.2, 0) is 16.1 Å². The van der Waals surface area contributed by atoms with Crippen molar-refractivity contribution in [3.8, 4) is 5.75 Å². The van der Waals surface area contributed by atoms with Gasteiger partial charge in [-0.05, 0) is 73.5 Å². The molecule has 0 spiro atoms. The average molecular weight is 410 g/mol. The largest absolute Gasteiger partial charge is 0.497 e. The summed E-state index contributed by atoms with van der Waals surface area (Å²) in [6.45, 7) is 0.738. The van der Waals surface area contributed by atoms with E-state index in [4.69, 9.17) is 16.3 Å². The van der Waals surface area contributed by atoms with E-state index in [9.17, 15) is 8.60 Å². The van der Waals surface area contributed by atoms with Crippen LogP contribution < -0.4 is 4.74 Å². The van der Waals surface area contributed by atoms with Crippen LogP contribution >= 0.6 is 11.6 Å². The Bertz CT molecular complexity index is 884. The van der Waals surface area contributed by atoms with Crippen molar-refractivity contribution in [2.75, 3.05) is 13.7 Å². The summed E-state index contributed by atoms with van der Waals surface area (Å²) in [4.78, 5) is 0.702. The van der Waals surface area contributed by atoms with E-state index in [1.54, 1.807) is 19.2 Å². The zero-order chi connectivity index (χ0) is 19.4. The molecule has 1 saturated heterocycles. The van der Waals surface area contributed by atoms with E-state index >= 15 is 0 Å². The summed E-state index contributed by atoms with van der Waals surface area (Å²) in [5, 5.41) is 0.399. The predicted octanol–water partition coefficient (Wildman–Crippen LogP) is 4.97. The Balaban J connectivity index is 1.77. The molecule has 1 fully saturated rings. The Morgan fingerprint density at radius 3 is 2.67 bits per heavy atom. The zero-order valence-corrected chi connectivity index (χ0v) is 17.1. The molecule has 2 aromatic rings. The third-order valence-electron chi connectivity index (χ3n) is 5.14. The standard InChI is InChI=1S/C21H25ClFNO2S/c1-26-19-10-12-20(13-11-19)27(2,25)24-14-4-3-5-18(24)9-7-16-6-8-17(22)15-21(16)23/h6,8,10-13,15,18H,2-5,7,9,14H2,1H3. The maximum absolute atomic E-state index is 14.1. The van der Waals surface area contributed by atoms with Gasteiger partial charge in [0, 0.05) is 22.5 Å². The van der Waals surface area contributed by atoms with Gasteiger partial charge in [0.2, 0.25) is 0 Å². The number of hydrogen-bond acceptors (Lipinski definition) is 2. The highest BCUT2D eigenvalue weighted by Gasteiger charge is 2.29. The maximum Gasteiger partial charge on any atom is 0.127 e. The number of nitrogens with zero attached hydrogens (tertiary/aromatic N) is 1. The molecular formula is C21H25ClFNO2S. The number of aryl methyl sites for hydroxylation is 1. The molecule has 0 bridgehead atoms. The maximum atomic E-state index is 14.1. The van der Waals surface area contributed by atoms with Crippen LogP contribution in [0, 0.1) is 5.82 Å². The number of hydrogen-bond donors (Lipinski definition) is 0. The summed E-state index contributed by atoms with van der Waals surface area (Å²) >= 11 is 5.83. The normalized spacial score (nSPS) is 20.2. The van der Waals surface area contributed by atoms with E-state index in [1.165, 1.54) is 6.07 Å². The lowest BCUT2D eigenvalue weighted by atomic mass is 9.98. The van der Waals surface area contributed by atoms with Gasteiger partial charge < -0.3 is 4.74 Å². The molecule has 27 heavy (non-hydrogen) atoms. The molecule has 2 unspecified atom stereocenters. The lowest BCUT2D eigenvalue weighted by Gasteiger charge is -2.38. The van der Waals surface area contributed by atoms with E-state index in [2.05, 4.69) is 5.87 Å². The van der Waals surface area contributed by atoms with Crippen molar-refractivity contribution in [2.45, 2.75) is 43.0 Å². The molecule has 0 aliphatic carbocycles. The van der Waals surface area contributed by atoms with Crippen LogP contribution in [0.1, 0.15) is 31.2 Å². The highest BCUT2D eigenvalue weighted by Crippen LogP contribution is 2.29. The van der Waals surface area contributed by atoms with Crippen molar-refractivity contribution in [1.29, 1.82) is 0 Å². The topological polar surface area (TPSA) is 29.5 Å². The van der Waals surface area contributed by atoms with Crippen molar-refractivity contribution in [3.63, 3.8) is 0 Å². The molecule has 2 atom stereocenters. The van der Waals surface area contributed by atoms with Crippen LogP contribution in [0.25, 0.3) is 0 Å². The SMILES string of the molecule is C=S(=O)(c1ccc(OC)cc1)N1CCCCC1CCc1ccc(Cl)cc1F. The van der Waals surface area contributed by atoms with Crippen molar-refractivity contribution in [1.82, 2.24) is 4.31 Å². The second-order valence-corrected chi connectivity index (χ2v) is 9.54. The highest BCUT2D eigenvalue weighted by atomic mass is 35.5. The van der Waals surface area contributed by atoms with Crippen molar-refractivity contribution >= 4 is 27.2 Å². The highest BCUT2D eigenvalue weighted by molar-refractivity contribution is 7.98. The number of halogens is 2. The Hall–Kier alpha value is -1.56. The molecule has 0 saturated carbocycles. The van der Waals surface area contributed by atoms with Gasteiger partial charge in [0.25, 0.3) is 0 Å². The number of piperidine rings is 1. The van der Waals surface area contributed by atoms with Crippen LogP contribution in [0.2, 0.25) is 5.02 Å². The van der Waals surface area contributed by atoms with E-state index in [0.29, 0.717) is 21.9 Å². The Labute approximate surface area is 166 Å². The van der Waals surface area contributed by atoms with Gasteiger partial charge in [0.1, 0.15) is 11.6 Å². The van der Waals surface area contributed by atoms with E-state index in [-0.39, 0.29) is 11.9 Å². The van der Waals surface area contributed by atoms with Crippen molar-refractivity contribution in [3.05, 3.63) is 58.9 Å². The molecule has 3 rings (SSSR count). The summed E-state index contributed by atoms with van der Waals surface area (Å²) in [5.41, 5.74) is 0.643. The second-order valence-electron chi connectivity index (χ2n) is 6.88. The molecule has 1 aliphatic heterocycles. The van der Waals surface area contributed by atoms with Gasteiger partial charge in [-0.3, -0.25) is 0 Å². The van der Waals surface area contributed by atoms with Crippen LogP contribution in [0.3, 0.4) is 0 Å². The lowest BCUT2D eigenvalue weighted by molar-refractivity contribution is 0.250. The second kappa shape index (κ2) is 8.63. The van der Waals surface area contributed by atoms with Gasteiger partial charge in [0.05, 0.1) is 16.8 Å². The minimum atomic E-state index is -2.59. The van der Waals surface area contributed by atoms with Crippen molar-refractivity contribution in [2.24, 2.45) is 0 Å².